The number of benzene rings is 1. The summed E-state index contributed by atoms with van der Waals surface area (Å²) in [5.41, 5.74) is 1.62. The van der Waals surface area contributed by atoms with E-state index < -0.39 is 16.9 Å². The lowest BCUT2D eigenvalue weighted by molar-refractivity contribution is -0.166. The summed E-state index contributed by atoms with van der Waals surface area (Å²) >= 11 is 13.3. The van der Waals surface area contributed by atoms with Crippen LogP contribution < -0.4 is 0 Å². The fraction of sp³-hybridized carbons (Fsp3) is 0.667. The molecule has 0 aliphatic heterocycles. The number of ether oxygens (including phenoxy) is 1. The van der Waals surface area contributed by atoms with Gasteiger partial charge in [-0.05, 0) is 66.7 Å². The Morgan fingerprint density at radius 3 is 2.63 bits per heavy atom. The van der Waals surface area contributed by atoms with Crippen molar-refractivity contribution in [1.82, 2.24) is 0 Å². The molecule has 0 aromatic heterocycles. The molecule has 1 aromatic carbocycles. The van der Waals surface area contributed by atoms with Gasteiger partial charge in [0.25, 0.3) is 0 Å². The number of esters is 1. The summed E-state index contributed by atoms with van der Waals surface area (Å²) in [5, 5.41) is 21.3. The summed E-state index contributed by atoms with van der Waals surface area (Å²) in [7, 11) is 1.40. The van der Waals surface area contributed by atoms with Crippen molar-refractivity contribution in [3.8, 4) is 0 Å². The molecule has 0 unspecified atom stereocenters. The van der Waals surface area contributed by atoms with Gasteiger partial charge in [-0.15, -0.1) is 0 Å². The predicted molar refractivity (Wildman–Crippen MR) is 106 cm³/mol. The van der Waals surface area contributed by atoms with Crippen molar-refractivity contribution < 1.29 is 19.7 Å². The van der Waals surface area contributed by atoms with Crippen molar-refractivity contribution in [3.05, 3.63) is 32.8 Å². The van der Waals surface area contributed by atoms with Crippen LogP contribution in [-0.4, -0.2) is 36.0 Å². The number of aliphatic hydroxyl groups is 2. The smallest absolute Gasteiger partial charge is 0.311 e. The minimum absolute atomic E-state index is 0.0293. The summed E-state index contributed by atoms with van der Waals surface area (Å²) < 4.78 is 5.11. The van der Waals surface area contributed by atoms with E-state index in [-0.39, 0.29) is 24.4 Å². The minimum atomic E-state index is -0.755. The Bertz CT molecular complexity index is 765. The Morgan fingerprint density at radius 1 is 1.37 bits per heavy atom. The maximum Gasteiger partial charge on any atom is 0.311 e. The summed E-state index contributed by atoms with van der Waals surface area (Å²) in [6.45, 7) is 5.87. The lowest BCUT2D eigenvalue weighted by atomic mass is 9.49. The largest absolute Gasteiger partial charge is 0.469 e. The van der Waals surface area contributed by atoms with E-state index >= 15 is 0 Å². The Labute approximate surface area is 170 Å². The maximum absolute atomic E-state index is 12.6. The highest BCUT2D eigenvalue weighted by molar-refractivity contribution is 6.36. The molecule has 0 heterocycles. The molecule has 2 N–H and O–H groups in total. The molecule has 3 rings (SSSR count). The Kier molecular flexibility index (Phi) is 5.59. The van der Waals surface area contributed by atoms with E-state index in [4.69, 9.17) is 27.9 Å². The minimum Gasteiger partial charge on any atom is -0.469 e. The molecule has 27 heavy (non-hydrogen) atoms. The zero-order chi connectivity index (χ0) is 20.1. The van der Waals surface area contributed by atoms with E-state index in [1.807, 2.05) is 19.9 Å². The third kappa shape index (κ3) is 3.09. The molecule has 4 nitrogen and oxygen atoms in total. The van der Waals surface area contributed by atoms with Gasteiger partial charge in [-0.1, -0.05) is 37.0 Å². The molecule has 1 aromatic rings. The highest BCUT2D eigenvalue weighted by atomic mass is 35.5. The Morgan fingerprint density at radius 2 is 2.04 bits per heavy atom. The number of fused-ring (bicyclic) bond motifs is 3. The van der Waals surface area contributed by atoms with Crippen molar-refractivity contribution in [2.75, 3.05) is 13.7 Å². The van der Waals surface area contributed by atoms with Gasteiger partial charge in [0, 0.05) is 22.6 Å². The van der Waals surface area contributed by atoms with Gasteiger partial charge >= 0.3 is 5.97 Å². The average molecular weight is 415 g/mol. The first-order valence-corrected chi connectivity index (χ1v) is 10.2. The van der Waals surface area contributed by atoms with Crippen LogP contribution in [0.25, 0.3) is 0 Å². The molecular weight excluding hydrogens is 387 g/mol. The number of rotatable bonds is 3. The van der Waals surface area contributed by atoms with E-state index in [0.717, 1.165) is 29.5 Å². The average Bonchev–Trinajstić information content (AvgIpc) is 2.60. The van der Waals surface area contributed by atoms with Gasteiger partial charge in [0.2, 0.25) is 0 Å². The third-order valence-corrected chi connectivity index (χ3v) is 7.67. The molecular formula is C21H28Cl2O4. The molecule has 1 fully saturated rings. The number of halogens is 2. The van der Waals surface area contributed by atoms with Crippen LogP contribution in [0.4, 0.5) is 0 Å². The van der Waals surface area contributed by atoms with Crippen molar-refractivity contribution >= 4 is 29.2 Å². The van der Waals surface area contributed by atoms with E-state index in [0.29, 0.717) is 22.9 Å². The number of carbonyl (C=O) groups excluding carboxylic acids is 1. The van der Waals surface area contributed by atoms with Gasteiger partial charge < -0.3 is 14.9 Å². The van der Waals surface area contributed by atoms with Crippen LogP contribution in [0.1, 0.15) is 62.6 Å². The van der Waals surface area contributed by atoms with Crippen LogP contribution in [-0.2, 0) is 21.4 Å². The second-order valence-corrected chi connectivity index (χ2v) is 9.46. The number of carbonyl (C=O) groups is 1. The van der Waals surface area contributed by atoms with Crippen LogP contribution in [0.5, 0.6) is 0 Å². The van der Waals surface area contributed by atoms with Crippen molar-refractivity contribution in [2.24, 2.45) is 11.3 Å². The number of methoxy groups -OCH3 is 1. The molecule has 2 aliphatic rings. The lowest BCUT2D eigenvalue weighted by Crippen LogP contribution is -2.56. The van der Waals surface area contributed by atoms with Gasteiger partial charge in [0.15, 0.2) is 0 Å². The zero-order valence-electron chi connectivity index (χ0n) is 16.3. The summed E-state index contributed by atoms with van der Waals surface area (Å²) in [4.78, 5) is 12.6. The van der Waals surface area contributed by atoms with Crippen LogP contribution in [0.15, 0.2) is 6.07 Å². The second kappa shape index (κ2) is 7.22. The first kappa shape index (κ1) is 20.9. The molecule has 1 saturated carbocycles. The van der Waals surface area contributed by atoms with Gasteiger partial charge in [-0.2, -0.15) is 0 Å². The van der Waals surface area contributed by atoms with Crippen LogP contribution >= 0.6 is 23.2 Å². The SMILES string of the molecule is COC(=O)[C@]1(C)C[C@H](O)C[C@]2(C)c3cc(Cl)c([C@@H](C)CO)c(Cl)c3CC[C@@H]12. The van der Waals surface area contributed by atoms with Crippen molar-refractivity contribution in [1.29, 1.82) is 0 Å². The van der Waals surface area contributed by atoms with Crippen LogP contribution in [0.3, 0.4) is 0 Å². The van der Waals surface area contributed by atoms with Gasteiger partial charge in [0.05, 0.1) is 18.6 Å². The summed E-state index contributed by atoms with van der Waals surface area (Å²) in [5.74, 6) is -0.400. The first-order valence-electron chi connectivity index (χ1n) is 9.48. The number of hydrogen-bond acceptors (Lipinski definition) is 4. The monoisotopic (exact) mass is 414 g/mol. The van der Waals surface area contributed by atoms with E-state index in [2.05, 4.69) is 6.92 Å². The Hall–Kier alpha value is -0.810. The maximum atomic E-state index is 12.6. The second-order valence-electron chi connectivity index (χ2n) is 8.68. The summed E-state index contributed by atoms with van der Waals surface area (Å²) in [6.07, 6.45) is 1.87. The van der Waals surface area contributed by atoms with Crippen LogP contribution in [0.2, 0.25) is 10.0 Å². The fourth-order valence-electron chi connectivity index (χ4n) is 5.70. The normalized spacial score (nSPS) is 33.8. The van der Waals surface area contributed by atoms with Crippen LogP contribution in [0, 0.1) is 11.3 Å². The topological polar surface area (TPSA) is 66.8 Å². The third-order valence-electron chi connectivity index (χ3n) is 6.93. The highest BCUT2D eigenvalue weighted by Gasteiger charge is 2.58. The van der Waals surface area contributed by atoms with Crippen molar-refractivity contribution in [2.45, 2.75) is 63.9 Å². The molecule has 0 spiro atoms. The van der Waals surface area contributed by atoms with Gasteiger partial charge in [-0.3, -0.25) is 4.79 Å². The molecule has 150 valence electrons. The van der Waals surface area contributed by atoms with Gasteiger partial charge in [-0.25, -0.2) is 0 Å². The zero-order valence-corrected chi connectivity index (χ0v) is 17.8. The highest BCUT2D eigenvalue weighted by Crippen LogP contribution is 2.59. The molecule has 0 amide bonds. The number of hydrogen-bond donors (Lipinski definition) is 2. The van der Waals surface area contributed by atoms with E-state index in [1.54, 1.807) is 0 Å². The van der Waals surface area contributed by atoms with Gasteiger partial charge in [0.1, 0.15) is 0 Å². The molecule has 6 heteroatoms. The van der Waals surface area contributed by atoms with Crippen molar-refractivity contribution in [3.63, 3.8) is 0 Å². The molecule has 0 saturated heterocycles. The molecule has 0 bridgehead atoms. The quantitative estimate of drug-likeness (QED) is 0.725. The first-order chi connectivity index (χ1) is 12.6. The molecule has 0 radical (unpaired) electrons. The van der Waals surface area contributed by atoms with E-state index in [9.17, 15) is 15.0 Å². The predicted octanol–water partition coefficient (Wildman–Crippen LogP) is 4.24. The molecule has 5 atom stereocenters. The fourth-order valence-corrected chi connectivity index (χ4v) is 6.62. The molecule has 2 aliphatic carbocycles. The Balaban J connectivity index is 2.19. The van der Waals surface area contributed by atoms with E-state index in [1.165, 1.54) is 7.11 Å². The number of aliphatic hydroxyl groups excluding tert-OH is 2. The standard InChI is InChI=1S/C21H28Cl2O4/c1-11(10-24)17-15(22)7-14-13(18(17)23)5-6-16-20(14,2)8-12(25)9-21(16,3)19(26)27-4/h7,11-12,16,24-25H,5-6,8-10H2,1-4H3/t11-,12+,16+,20+,21+/m0/s1. The summed E-state index contributed by atoms with van der Waals surface area (Å²) in [6, 6.07) is 1.94. The lowest BCUT2D eigenvalue weighted by Gasteiger charge is -2.55.